The number of amides is 1. The normalized spacial score (nSPS) is 10.6. The third-order valence-electron chi connectivity index (χ3n) is 5.34. The van der Waals surface area contributed by atoms with E-state index < -0.39 is 23.4 Å². The number of rotatable bonds is 11. The first-order valence-electron chi connectivity index (χ1n) is 10.8. The van der Waals surface area contributed by atoms with Gasteiger partial charge in [-0.05, 0) is 40.6 Å². The lowest BCUT2D eigenvalue weighted by atomic mass is 10.1. The number of nitrogens with zero attached hydrogens (tertiary/aromatic N) is 2. The van der Waals surface area contributed by atoms with Crippen LogP contribution in [0, 0.1) is 10.1 Å². The molecule has 35 heavy (non-hydrogen) atoms. The Labute approximate surface area is 202 Å². The number of nitrogens with one attached hydrogen (secondary N) is 1. The topological polar surface area (TPSA) is 120 Å². The molecule has 0 aliphatic carbocycles. The number of esters is 1. The van der Waals surface area contributed by atoms with Crippen molar-refractivity contribution < 1.29 is 28.7 Å². The molecule has 1 amide bonds. The number of nitro benzene ring substituents is 1. The van der Waals surface area contributed by atoms with Gasteiger partial charge in [-0.2, -0.15) is 0 Å². The molecular formula is C25H27N3O7. The number of hydrogen-bond acceptors (Lipinski definition) is 8. The molecule has 10 nitrogen and oxygen atoms in total. The summed E-state index contributed by atoms with van der Waals surface area (Å²) < 4.78 is 15.4. The zero-order chi connectivity index (χ0) is 25.4. The van der Waals surface area contributed by atoms with Crippen molar-refractivity contribution >= 4 is 34.0 Å². The second-order valence-corrected chi connectivity index (χ2v) is 7.78. The van der Waals surface area contributed by atoms with Crippen molar-refractivity contribution in [3.63, 3.8) is 0 Å². The van der Waals surface area contributed by atoms with Crippen LogP contribution in [0.4, 0.5) is 11.4 Å². The summed E-state index contributed by atoms with van der Waals surface area (Å²) >= 11 is 0. The summed E-state index contributed by atoms with van der Waals surface area (Å²) in [5.74, 6) is -0.484. The van der Waals surface area contributed by atoms with Crippen LogP contribution in [0.15, 0.2) is 54.6 Å². The first-order chi connectivity index (χ1) is 16.8. The Hall–Kier alpha value is -4.18. The summed E-state index contributed by atoms with van der Waals surface area (Å²) in [4.78, 5) is 37.2. The smallest absolute Gasteiger partial charge is 0.341 e. The largest absolute Gasteiger partial charge is 0.497 e. The number of nitro groups is 1. The third-order valence-corrected chi connectivity index (χ3v) is 5.34. The van der Waals surface area contributed by atoms with Crippen LogP contribution in [0.5, 0.6) is 5.75 Å². The van der Waals surface area contributed by atoms with Crippen LogP contribution >= 0.6 is 0 Å². The van der Waals surface area contributed by atoms with Crippen molar-refractivity contribution in [1.29, 1.82) is 0 Å². The van der Waals surface area contributed by atoms with Crippen molar-refractivity contribution in [2.45, 2.75) is 6.54 Å². The molecule has 0 fully saturated rings. The molecule has 3 aromatic rings. The first kappa shape index (κ1) is 25.4. The Balaban J connectivity index is 1.64. The highest BCUT2D eigenvalue weighted by Gasteiger charge is 2.20. The fourth-order valence-electron chi connectivity index (χ4n) is 3.43. The Morgan fingerprint density at radius 3 is 2.49 bits per heavy atom. The van der Waals surface area contributed by atoms with Crippen LogP contribution in [-0.2, 0) is 20.8 Å². The number of non-ortho nitro benzene ring substituents is 1. The number of benzene rings is 3. The molecule has 0 bridgehead atoms. The fraction of sp³-hybridized carbons (Fsp3) is 0.280. The second kappa shape index (κ2) is 11.8. The summed E-state index contributed by atoms with van der Waals surface area (Å²) in [7, 11) is 4.75. The first-order valence-corrected chi connectivity index (χ1v) is 10.8. The Morgan fingerprint density at radius 2 is 1.77 bits per heavy atom. The van der Waals surface area contributed by atoms with E-state index in [1.165, 1.54) is 24.1 Å². The van der Waals surface area contributed by atoms with Crippen molar-refractivity contribution in [2.75, 3.05) is 46.3 Å². The summed E-state index contributed by atoms with van der Waals surface area (Å²) in [5, 5.41) is 16.1. The van der Waals surface area contributed by atoms with E-state index in [0.717, 1.165) is 28.2 Å². The van der Waals surface area contributed by atoms with Gasteiger partial charge in [0.1, 0.15) is 5.75 Å². The van der Waals surface area contributed by atoms with Crippen molar-refractivity contribution in [1.82, 2.24) is 4.90 Å². The van der Waals surface area contributed by atoms with E-state index in [1.807, 2.05) is 36.4 Å². The van der Waals surface area contributed by atoms with Gasteiger partial charge in [0.05, 0.1) is 24.2 Å². The van der Waals surface area contributed by atoms with Gasteiger partial charge in [0, 0.05) is 45.1 Å². The molecular weight excluding hydrogens is 454 g/mol. The van der Waals surface area contributed by atoms with E-state index in [1.54, 1.807) is 14.2 Å². The Kier molecular flexibility index (Phi) is 8.58. The summed E-state index contributed by atoms with van der Waals surface area (Å²) in [5.41, 5.74) is 0.974. The van der Waals surface area contributed by atoms with Gasteiger partial charge in [-0.25, -0.2) is 4.79 Å². The minimum absolute atomic E-state index is 0.0317. The molecule has 0 aliphatic rings. The Morgan fingerprint density at radius 1 is 1.03 bits per heavy atom. The molecule has 0 unspecified atom stereocenters. The standard InChI is InChI=1S/C25H27N3O7/c1-27(15-17-4-5-19-13-21(34-3)8-6-18(19)12-17)24(29)16-35-25(30)22-14-20(28(31)32)7-9-23(22)26-10-11-33-2/h4-9,12-14,26H,10-11,15-16H2,1-3H3. The lowest BCUT2D eigenvalue weighted by molar-refractivity contribution is -0.384. The molecule has 184 valence electrons. The van der Waals surface area contributed by atoms with E-state index in [-0.39, 0.29) is 11.3 Å². The minimum Gasteiger partial charge on any atom is -0.497 e. The number of ether oxygens (including phenoxy) is 3. The van der Waals surface area contributed by atoms with Crippen molar-refractivity contribution in [3.8, 4) is 5.75 Å². The number of anilines is 1. The molecule has 0 aliphatic heterocycles. The molecule has 3 rings (SSSR count). The summed E-state index contributed by atoms with van der Waals surface area (Å²) in [6, 6.07) is 15.4. The number of likely N-dealkylation sites (N-methyl/N-ethyl adjacent to an activating group) is 1. The molecule has 0 spiro atoms. The van der Waals surface area contributed by atoms with Crippen molar-refractivity contribution in [2.24, 2.45) is 0 Å². The quantitative estimate of drug-likeness (QED) is 0.191. The molecule has 1 N–H and O–H groups in total. The van der Waals surface area contributed by atoms with E-state index >= 15 is 0 Å². The van der Waals surface area contributed by atoms with Gasteiger partial charge in [0.15, 0.2) is 6.61 Å². The minimum atomic E-state index is -0.838. The Bertz CT molecular complexity index is 1230. The number of methoxy groups -OCH3 is 2. The molecule has 0 saturated carbocycles. The van der Waals surface area contributed by atoms with Crippen LogP contribution in [0.3, 0.4) is 0 Å². The van der Waals surface area contributed by atoms with E-state index in [2.05, 4.69) is 5.32 Å². The van der Waals surface area contributed by atoms with Crippen molar-refractivity contribution in [3.05, 3.63) is 75.8 Å². The second-order valence-electron chi connectivity index (χ2n) is 7.78. The zero-order valence-electron chi connectivity index (χ0n) is 19.8. The van der Waals surface area contributed by atoms with Gasteiger partial charge in [-0.3, -0.25) is 14.9 Å². The average Bonchev–Trinajstić information content (AvgIpc) is 2.86. The highest BCUT2D eigenvalue weighted by Crippen LogP contribution is 2.24. The van der Waals surface area contributed by atoms with Gasteiger partial charge in [-0.1, -0.05) is 18.2 Å². The van der Waals surface area contributed by atoms with Crippen LogP contribution in [0.25, 0.3) is 10.8 Å². The number of carbonyl (C=O) groups excluding carboxylic acids is 2. The van der Waals surface area contributed by atoms with Gasteiger partial charge in [-0.15, -0.1) is 0 Å². The van der Waals surface area contributed by atoms with Gasteiger partial charge in [0.2, 0.25) is 0 Å². The third kappa shape index (κ3) is 6.67. The molecule has 0 atom stereocenters. The van der Waals surface area contributed by atoms with Crippen LogP contribution in [-0.4, -0.2) is 62.7 Å². The molecule has 0 heterocycles. The predicted molar refractivity (Wildman–Crippen MR) is 131 cm³/mol. The highest BCUT2D eigenvalue weighted by molar-refractivity contribution is 5.97. The molecule has 10 heteroatoms. The lowest BCUT2D eigenvalue weighted by Crippen LogP contribution is -2.31. The van der Waals surface area contributed by atoms with Crippen LogP contribution in [0.1, 0.15) is 15.9 Å². The molecule has 0 radical (unpaired) electrons. The van der Waals surface area contributed by atoms with Crippen LogP contribution < -0.4 is 10.1 Å². The van der Waals surface area contributed by atoms with E-state index in [0.29, 0.717) is 25.4 Å². The van der Waals surface area contributed by atoms with Crippen LogP contribution in [0.2, 0.25) is 0 Å². The maximum absolute atomic E-state index is 12.7. The number of hydrogen-bond donors (Lipinski definition) is 1. The predicted octanol–water partition coefficient (Wildman–Crippen LogP) is 3.63. The monoisotopic (exact) mass is 481 g/mol. The lowest BCUT2D eigenvalue weighted by Gasteiger charge is -2.18. The van der Waals surface area contributed by atoms with Gasteiger partial charge >= 0.3 is 5.97 Å². The average molecular weight is 482 g/mol. The zero-order valence-corrected chi connectivity index (χ0v) is 19.8. The van der Waals surface area contributed by atoms with E-state index in [9.17, 15) is 19.7 Å². The fourth-order valence-corrected chi connectivity index (χ4v) is 3.43. The maximum Gasteiger partial charge on any atom is 0.341 e. The van der Waals surface area contributed by atoms with Gasteiger partial charge in [0.25, 0.3) is 11.6 Å². The number of carbonyl (C=O) groups is 2. The molecule has 0 saturated heterocycles. The maximum atomic E-state index is 12.7. The molecule has 3 aromatic carbocycles. The highest BCUT2D eigenvalue weighted by atomic mass is 16.6. The summed E-state index contributed by atoms with van der Waals surface area (Å²) in [6.07, 6.45) is 0. The SMILES string of the molecule is COCCNc1ccc([N+](=O)[O-])cc1C(=O)OCC(=O)N(C)Cc1ccc2cc(OC)ccc2c1. The van der Waals surface area contributed by atoms with Gasteiger partial charge < -0.3 is 24.4 Å². The van der Waals surface area contributed by atoms with E-state index in [4.69, 9.17) is 14.2 Å². The molecule has 0 aromatic heterocycles. The number of fused-ring (bicyclic) bond motifs is 1. The summed E-state index contributed by atoms with van der Waals surface area (Å²) in [6.45, 7) is 0.575.